The molecule has 1 heterocycles. The highest BCUT2D eigenvalue weighted by Gasteiger charge is 2.19. The van der Waals surface area contributed by atoms with Crippen LogP contribution in [0, 0.1) is 13.8 Å². The lowest BCUT2D eigenvalue weighted by Crippen LogP contribution is -2.24. The molecule has 1 N–H and O–H groups in total. The topological polar surface area (TPSA) is 46.9 Å². The molecule has 4 nitrogen and oxygen atoms in total. The van der Waals surface area contributed by atoms with Gasteiger partial charge in [-0.25, -0.2) is 4.68 Å². The van der Waals surface area contributed by atoms with E-state index in [1.54, 1.807) is 4.68 Å². The Morgan fingerprint density at radius 3 is 2.42 bits per heavy atom. The zero-order valence-corrected chi connectivity index (χ0v) is 15.2. The summed E-state index contributed by atoms with van der Waals surface area (Å²) < 4.78 is 2.81. The lowest BCUT2D eigenvalue weighted by Gasteiger charge is -2.07. The number of aryl methyl sites for hydroxylation is 1. The number of aromatic nitrogens is 2. The highest BCUT2D eigenvalue weighted by molar-refractivity contribution is 9.10. The molecule has 0 fully saturated rings. The third-order valence-corrected chi connectivity index (χ3v) is 4.41. The molecule has 24 heavy (non-hydrogen) atoms. The first-order chi connectivity index (χ1) is 11.6. The summed E-state index contributed by atoms with van der Waals surface area (Å²) in [5.41, 5.74) is 4.19. The number of carbonyl (C=O) groups is 1. The van der Waals surface area contributed by atoms with Crippen molar-refractivity contribution in [3.05, 3.63) is 81.6 Å². The van der Waals surface area contributed by atoms with E-state index in [-0.39, 0.29) is 5.91 Å². The molecule has 2 aromatic carbocycles. The SMILES string of the molecule is Cc1nn(-c2ccc(Br)cc2)c(C)c1C(=O)NCc1ccccc1. The molecule has 0 aliphatic carbocycles. The highest BCUT2D eigenvalue weighted by Crippen LogP contribution is 2.20. The predicted octanol–water partition coefficient (Wildman–Crippen LogP) is 4.18. The first-order valence-corrected chi connectivity index (χ1v) is 8.50. The van der Waals surface area contributed by atoms with Gasteiger partial charge < -0.3 is 5.32 Å². The molecular formula is C19H18BrN3O. The van der Waals surface area contributed by atoms with Gasteiger partial charge >= 0.3 is 0 Å². The van der Waals surface area contributed by atoms with Crippen molar-refractivity contribution in [2.75, 3.05) is 0 Å². The maximum Gasteiger partial charge on any atom is 0.255 e. The van der Waals surface area contributed by atoms with Crippen molar-refractivity contribution in [3.63, 3.8) is 0 Å². The maximum atomic E-state index is 12.6. The fourth-order valence-corrected chi connectivity index (χ4v) is 2.94. The van der Waals surface area contributed by atoms with Gasteiger partial charge in [0.1, 0.15) is 0 Å². The van der Waals surface area contributed by atoms with Gasteiger partial charge in [-0.15, -0.1) is 0 Å². The van der Waals surface area contributed by atoms with Crippen LogP contribution in [0.5, 0.6) is 0 Å². The Kier molecular flexibility index (Phi) is 4.81. The van der Waals surface area contributed by atoms with Crippen molar-refractivity contribution in [2.45, 2.75) is 20.4 Å². The lowest BCUT2D eigenvalue weighted by molar-refractivity contribution is 0.0949. The largest absolute Gasteiger partial charge is 0.348 e. The Labute approximate surface area is 149 Å². The summed E-state index contributed by atoms with van der Waals surface area (Å²) in [4.78, 5) is 12.6. The second-order valence-electron chi connectivity index (χ2n) is 5.60. The minimum absolute atomic E-state index is 0.0998. The van der Waals surface area contributed by atoms with Crippen LogP contribution in [-0.4, -0.2) is 15.7 Å². The fraction of sp³-hybridized carbons (Fsp3) is 0.158. The van der Waals surface area contributed by atoms with E-state index in [4.69, 9.17) is 0 Å². The molecule has 5 heteroatoms. The monoisotopic (exact) mass is 383 g/mol. The lowest BCUT2D eigenvalue weighted by atomic mass is 10.1. The predicted molar refractivity (Wildman–Crippen MR) is 98.4 cm³/mol. The Hall–Kier alpha value is -2.40. The summed E-state index contributed by atoms with van der Waals surface area (Å²) in [6.45, 7) is 4.28. The third kappa shape index (κ3) is 3.41. The van der Waals surface area contributed by atoms with Crippen LogP contribution in [0.25, 0.3) is 5.69 Å². The number of nitrogens with zero attached hydrogens (tertiary/aromatic N) is 2. The highest BCUT2D eigenvalue weighted by atomic mass is 79.9. The third-order valence-electron chi connectivity index (χ3n) is 3.89. The normalized spacial score (nSPS) is 10.6. The average molecular weight is 384 g/mol. The second-order valence-corrected chi connectivity index (χ2v) is 6.52. The van der Waals surface area contributed by atoms with E-state index in [2.05, 4.69) is 26.3 Å². The number of hydrogen-bond acceptors (Lipinski definition) is 2. The van der Waals surface area contributed by atoms with Crippen LogP contribution in [0.4, 0.5) is 0 Å². The van der Waals surface area contributed by atoms with Crippen LogP contribution in [0.1, 0.15) is 27.3 Å². The van der Waals surface area contributed by atoms with Gasteiger partial charge in [-0.05, 0) is 43.7 Å². The molecule has 0 bridgehead atoms. The number of halogens is 1. The summed E-state index contributed by atoms with van der Waals surface area (Å²) >= 11 is 3.43. The maximum absolute atomic E-state index is 12.6. The van der Waals surface area contributed by atoms with Crippen LogP contribution >= 0.6 is 15.9 Å². The van der Waals surface area contributed by atoms with Gasteiger partial charge in [-0.2, -0.15) is 5.10 Å². The number of nitrogens with one attached hydrogen (secondary N) is 1. The molecule has 1 aromatic heterocycles. The number of benzene rings is 2. The Balaban J connectivity index is 1.83. The van der Waals surface area contributed by atoms with E-state index in [1.807, 2.05) is 68.4 Å². The van der Waals surface area contributed by atoms with Crippen LogP contribution in [-0.2, 0) is 6.54 Å². The zero-order chi connectivity index (χ0) is 17.1. The summed E-state index contributed by atoms with van der Waals surface area (Å²) in [6.07, 6.45) is 0. The van der Waals surface area contributed by atoms with Crippen molar-refractivity contribution in [1.82, 2.24) is 15.1 Å². The van der Waals surface area contributed by atoms with Crippen LogP contribution in [0.2, 0.25) is 0 Å². The molecule has 0 atom stereocenters. The minimum atomic E-state index is -0.0998. The molecule has 0 unspecified atom stereocenters. The summed E-state index contributed by atoms with van der Waals surface area (Å²) in [5.74, 6) is -0.0998. The molecular weight excluding hydrogens is 366 g/mol. The van der Waals surface area contributed by atoms with Crippen LogP contribution in [0.15, 0.2) is 59.1 Å². The number of carbonyl (C=O) groups excluding carboxylic acids is 1. The fourth-order valence-electron chi connectivity index (χ4n) is 2.67. The van der Waals surface area contributed by atoms with E-state index < -0.39 is 0 Å². The van der Waals surface area contributed by atoms with Gasteiger partial charge in [0.15, 0.2) is 0 Å². The molecule has 0 saturated heterocycles. The van der Waals surface area contributed by atoms with Crippen molar-refractivity contribution < 1.29 is 4.79 Å². The van der Waals surface area contributed by atoms with Gasteiger partial charge in [0.05, 0.1) is 22.6 Å². The summed E-state index contributed by atoms with van der Waals surface area (Å²) in [7, 11) is 0. The van der Waals surface area contributed by atoms with Gasteiger partial charge in [0.2, 0.25) is 0 Å². The quantitative estimate of drug-likeness (QED) is 0.734. The van der Waals surface area contributed by atoms with Crippen molar-refractivity contribution in [2.24, 2.45) is 0 Å². The molecule has 3 aromatic rings. The van der Waals surface area contributed by atoms with Crippen molar-refractivity contribution in [1.29, 1.82) is 0 Å². The molecule has 0 aliphatic heterocycles. The Morgan fingerprint density at radius 2 is 1.75 bits per heavy atom. The first-order valence-electron chi connectivity index (χ1n) is 7.70. The van der Waals surface area contributed by atoms with Crippen LogP contribution < -0.4 is 5.32 Å². The van der Waals surface area contributed by atoms with E-state index >= 15 is 0 Å². The average Bonchev–Trinajstić information content (AvgIpc) is 2.89. The molecule has 1 amide bonds. The number of rotatable bonds is 4. The minimum Gasteiger partial charge on any atom is -0.348 e. The number of amides is 1. The Morgan fingerprint density at radius 1 is 1.08 bits per heavy atom. The van der Waals surface area contributed by atoms with Gasteiger partial charge in [-0.3, -0.25) is 4.79 Å². The molecule has 0 saturated carbocycles. The molecule has 0 aliphatic rings. The molecule has 3 rings (SSSR count). The van der Waals surface area contributed by atoms with E-state index in [1.165, 1.54) is 0 Å². The van der Waals surface area contributed by atoms with E-state index in [9.17, 15) is 4.79 Å². The van der Waals surface area contributed by atoms with E-state index in [0.717, 1.165) is 27.1 Å². The van der Waals surface area contributed by atoms with Crippen molar-refractivity contribution in [3.8, 4) is 5.69 Å². The van der Waals surface area contributed by atoms with Crippen LogP contribution in [0.3, 0.4) is 0 Å². The van der Waals surface area contributed by atoms with Gasteiger partial charge in [-0.1, -0.05) is 46.3 Å². The number of hydrogen-bond donors (Lipinski definition) is 1. The van der Waals surface area contributed by atoms with E-state index in [0.29, 0.717) is 12.1 Å². The van der Waals surface area contributed by atoms with Gasteiger partial charge in [0, 0.05) is 11.0 Å². The standard InChI is InChI=1S/C19H18BrN3O/c1-13-18(19(24)21-12-15-6-4-3-5-7-15)14(2)23(22-13)17-10-8-16(20)9-11-17/h3-11H,12H2,1-2H3,(H,21,24). The van der Waals surface area contributed by atoms with Gasteiger partial charge in [0.25, 0.3) is 5.91 Å². The molecule has 0 spiro atoms. The Bertz CT molecular complexity index is 854. The van der Waals surface area contributed by atoms with Crippen molar-refractivity contribution >= 4 is 21.8 Å². The second kappa shape index (κ2) is 7.01. The summed E-state index contributed by atoms with van der Waals surface area (Å²) in [6, 6.07) is 17.7. The molecule has 122 valence electrons. The molecule has 0 radical (unpaired) electrons. The summed E-state index contributed by atoms with van der Waals surface area (Å²) in [5, 5.41) is 7.50. The first kappa shape index (κ1) is 16.5. The smallest absolute Gasteiger partial charge is 0.255 e. The zero-order valence-electron chi connectivity index (χ0n) is 13.6.